The summed E-state index contributed by atoms with van der Waals surface area (Å²) >= 11 is 0. The molecule has 1 heterocycles. The number of anilines is 2. The predicted molar refractivity (Wildman–Crippen MR) is 124 cm³/mol. The zero-order chi connectivity index (χ0) is 21.1. The molecule has 0 saturated carbocycles. The summed E-state index contributed by atoms with van der Waals surface area (Å²) in [5.74, 6) is 0. The van der Waals surface area contributed by atoms with E-state index in [2.05, 4.69) is 22.3 Å². The number of hydrogen-bond acceptors (Lipinski definition) is 3. The van der Waals surface area contributed by atoms with E-state index in [0.29, 0.717) is 5.56 Å². The van der Waals surface area contributed by atoms with Crippen LogP contribution >= 0.6 is 0 Å². The van der Waals surface area contributed by atoms with Crippen LogP contribution in [-0.4, -0.2) is 16.0 Å². The van der Waals surface area contributed by atoms with Crippen molar-refractivity contribution in [1.29, 1.82) is 0 Å². The Labute approximate surface area is 175 Å². The third-order valence-corrected chi connectivity index (χ3v) is 5.12. The number of benzene rings is 3. The molecule has 0 unspecified atom stereocenters. The molecule has 150 valence electrons. The molecule has 0 aliphatic heterocycles. The van der Waals surface area contributed by atoms with E-state index in [1.54, 1.807) is 10.9 Å². The van der Waals surface area contributed by atoms with Crippen LogP contribution in [0.15, 0.2) is 82.6 Å². The SMILES string of the molecule is Cc1ccc(-n2[nH]c(C)c(C=Nc3cccc(Nc4ccccc4)c3)c2=O)cc1C. The molecule has 1 aromatic heterocycles. The molecule has 5 nitrogen and oxygen atoms in total. The van der Waals surface area contributed by atoms with Gasteiger partial charge in [-0.2, -0.15) is 0 Å². The first kappa shape index (κ1) is 19.5. The number of aryl methyl sites for hydroxylation is 3. The van der Waals surface area contributed by atoms with Crippen molar-refractivity contribution in [3.05, 3.63) is 106 Å². The van der Waals surface area contributed by atoms with E-state index in [0.717, 1.165) is 34.0 Å². The van der Waals surface area contributed by atoms with Crippen LogP contribution in [0.25, 0.3) is 5.69 Å². The molecule has 0 atom stereocenters. The van der Waals surface area contributed by atoms with Crippen LogP contribution in [0.3, 0.4) is 0 Å². The molecular weight excluding hydrogens is 372 g/mol. The summed E-state index contributed by atoms with van der Waals surface area (Å²) in [4.78, 5) is 17.5. The fourth-order valence-electron chi connectivity index (χ4n) is 3.25. The Morgan fingerprint density at radius 2 is 1.63 bits per heavy atom. The molecule has 0 amide bonds. The lowest BCUT2D eigenvalue weighted by atomic mass is 10.1. The lowest BCUT2D eigenvalue weighted by Crippen LogP contribution is -2.17. The van der Waals surface area contributed by atoms with Crippen molar-refractivity contribution in [3.63, 3.8) is 0 Å². The second-order valence-corrected chi connectivity index (χ2v) is 7.36. The number of aromatic nitrogens is 2. The lowest BCUT2D eigenvalue weighted by Gasteiger charge is -2.06. The third kappa shape index (κ3) is 4.10. The summed E-state index contributed by atoms with van der Waals surface area (Å²) in [6.07, 6.45) is 1.63. The Hall–Kier alpha value is -3.86. The predicted octanol–water partition coefficient (Wildman–Crippen LogP) is 5.59. The summed E-state index contributed by atoms with van der Waals surface area (Å²) < 4.78 is 1.57. The van der Waals surface area contributed by atoms with Gasteiger partial charge in [0.25, 0.3) is 5.56 Å². The molecule has 0 saturated heterocycles. The number of nitrogens with zero attached hydrogens (tertiary/aromatic N) is 2. The van der Waals surface area contributed by atoms with Crippen molar-refractivity contribution < 1.29 is 0 Å². The molecule has 0 fully saturated rings. The van der Waals surface area contributed by atoms with E-state index in [1.165, 1.54) is 5.56 Å². The largest absolute Gasteiger partial charge is 0.355 e. The number of para-hydroxylation sites is 1. The van der Waals surface area contributed by atoms with Gasteiger partial charge in [0.1, 0.15) is 0 Å². The molecule has 0 spiro atoms. The minimum atomic E-state index is -0.113. The van der Waals surface area contributed by atoms with E-state index >= 15 is 0 Å². The van der Waals surface area contributed by atoms with Crippen LogP contribution in [0, 0.1) is 20.8 Å². The first-order valence-corrected chi connectivity index (χ1v) is 9.87. The third-order valence-electron chi connectivity index (χ3n) is 5.12. The molecule has 0 aliphatic carbocycles. The van der Waals surface area contributed by atoms with Crippen molar-refractivity contribution in [1.82, 2.24) is 9.78 Å². The van der Waals surface area contributed by atoms with Crippen LogP contribution < -0.4 is 10.9 Å². The molecule has 4 aromatic rings. The van der Waals surface area contributed by atoms with Crippen molar-refractivity contribution in [2.75, 3.05) is 5.32 Å². The highest BCUT2D eigenvalue weighted by atomic mass is 16.1. The molecule has 30 heavy (non-hydrogen) atoms. The fraction of sp³-hybridized carbons (Fsp3) is 0.120. The van der Waals surface area contributed by atoms with Gasteiger partial charge in [0.2, 0.25) is 0 Å². The average molecular weight is 396 g/mol. The number of nitrogens with one attached hydrogen (secondary N) is 2. The zero-order valence-electron chi connectivity index (χ0n) is 17.3. The Balaban J connectivity index is 1.60. The Kier molecular flexibility index (Phi) is 5.35. The summed E-state index contributed by atoms with van der Waals surface area (Å²) in [5.41, 5.74) is 7.10. The molecule has 3 aromatic carbocycles. The molecule has 5 heteroatoms. The van der Waals surface area contributed by atoms with Crippen LogP contribution in [0.4, 0.5) is 17.1 Å². The number of hydrogen-bond donors (Lipinski definition) is 2. The van der Waals surface area contributed by atoms with E-state index in [1.807, 2.05) is 86.6 Å². The number of rotatable bonds is 5. The van der Waals surface area contributed by atoms with Gasteiger partial charge in [0, 0.05) is 23.3 Å². The minimum Gasteiger partial charge on any atom is -0.355 e. The first-order chi connectivity index (χ1) is 14.5. The van der Waals surface area contributed by atoms with Crippen molar-refractivity contribution >= 4 is 23.3 Å². The number of aliphatic imine (C=N–C) groups is 1. The van der Waals surface area contributed by atoms with E-state index in [9.17, 15) is 4.79 Å². The van der Waals surface area contributed by atoms with Crippen molar-refractivity contribution in [3.8, 4) is 5.69 Å². The summed E-state index contributed by atoms with van der Waals surface area (Å²) in [6.45, 7) is 5.98. The van der Waals surface area contributed by atoms with Gasteiger partial charge in [-0.3, -0.25) is 14.9 Å². The summed E-state index contributed by atoms with van der Waals surface area (Å²) in [5, 5.41) is 6.51. The Morgan fingerprint density at radius 3 is 2.40 bits per heavy atom. The number of aromatic amines is 1. The standard InChI is InChI=1S/C25H24N4O/c1-17-12-13-23(14-18(17)2)29-25(30)24(19(3)28-29)16-26-21-10-7-11-22(15-21)27-20-8-5-4-6-9-20/h4-16,27-28H,1-3H3. The van der Waals surface area contributed by atoms with Gasteiger partial charge < -0.3 is 5.32 Å². The van der Waals surface area contributed by atoms with Crippen molar-refractivity contribution in [2.45, 2.75) is 20.8 Å². The molecular formula is C25H24N4O. The molecule has 0 bridgehead atoms. The van der Waals surface area contributed by atoms with Gasteiger partial charge in [0.15, 0.2) is 0 Å². The second-order valence-electron chi connectivity index (χ2n) is 7.36. The van der Waals surface area contributed by atoms with E-state index < -0.39 is 0 Å². The zero-order valence-corrected chi connectivity index (χ0v) is 17.3. The van der Waals surface area contributed by atoms with Gasteiger partial charge >= 0.3 is 0 Å². The van der Waals surface area contributed by atoms with Gasteiger partial charge in [-0.25, -0.2) is 4.68 Å². The van der Waals surface area contributed by atoms with Gasteiger partial charge in [0.05, 0.1) is 16.9 Å². The van der Waals surface area contributed by atoms with E-state index in [4.69, 9.17) is 0 Å². The quantitative estimate of drug-likeness (QED) is 0.432. The van der Waals surface area contributed by atoms with Gasteiger partial charge in [-0.15, -0.1) is 0 Å². The summed E-state index contributed by atoms with van der Waals surface area (Å²) in [6, 6.07) is 23.7. The Bertz CT molecular complexity index is 1270. The monoisotopic (exact) mass is 396 g/mol. The minimum absolute atomic E-state index is 0.113. The Morgan fingerprint density at radius 1 is 0.867 bits per heavy atom. The highest BCUT2D eigenvalue weighted by molar-refractivity contribution is 5.83. The average Bonchev–Trinajstić information content (AvgIpc) is 3.03. The first-order valence-electron chi connectivity index (χ1n) is 9.87. The highest BCUT2D eigenvalue weighted by Gasteiger charge is 2.11. The van der Waals surface area contributed by atoms with Gasteiger partial charge in [-0.1, -0.05) is 30.3 Å². The normalized spacial score (nSPS) is 11.2. The maximum atomic E-state index is 12.9. The molecule has 4 rings (SSSR count). The van der Waals surface area contributed by atoms with Gasteiger partial charge in [-0.05, 0) is 74.4 Å². The molecule has 0 radical (unpaired) electrons. The van der Waals surface area contributed by atoms with E-state index in [-0.39, 0.29) is 5.56 Å². The maximum absolute atomic E-state index is 12.9. The molecule has 0 aliphatic rings. The second kappa shape index (κ2) is 8.25. The molecule has 2 N–H and O–H groups in total. The fourth-order valence-corrected chi connectivity index (χ4v) is 3.25. The van der Waals surface area contributed by atoms with Crippen LogP contribution in [-0.2, 0) is 0 Å². The van der Waals surface area contributed by atoms with Crippen LogP contribution in [0.2, 0.25) is 0 Å². The maximum Gasteiger partial charge on any atom is 0.280 e. The summed E-state index contributed by atoms with van der Waals surface area (Å²) in [7, 11) is 0. The number of H-pyrrole nitrogens is 1. The highest BCUT2D eigenvalue weighted by Crippen LogP contribution is 2.22. The topological polar surface area (TPSA) is 62.2 Å². The van der Waals surface area contributed by atoms with Crippen LogP contribution in [0.1, 0.15) is 22.4 Å². The van der Waals surface area contributed by atoms with Crippen molar-refractivity contribution in [2.24, 2.45) is 4.99 Å². The van der Waals surface area contributed by atoms with Crippen LogP contribution in [0.5, 0.6) is 0 Å². The lowest BCUT2D eigenvalue weighted by molar-refractivity contribution is 0.833. The smallest absolute Gasteiger partial charge is 0.280 e.